The van der Waals surface area contributed by atoms with Gasteiger partial charge in [0.15, 0.2) is 0 Å². The van der Waals surface area contributed by atoms with E-state index in [0.717, 1.165) is 6.42 Å². The lowest BCUT2D eigenvalue weighted by Crippen LogP contribution is -2.05. The van der Waals surface area contributed by atoms with E-state index in [1.54, 1.807) is 6.92 Å². The minimum atomic E-state index is -0.789. The molecular formula is C9H15FN2. The topological polar surface area (TPSA) is 30.9 Å². The van der Waals surface area contributed by atoms with E-state index in [4.69, 9.17) is 5.73 Å². The first-order chi connectivity index (χ1) is 5.72. The zero-order valence-electron chi connectivity index (χ0n) is 7.33. The van der Waals surface area contributed by atoms with Crippen molar-refractivity contribution in [1.82, 2.24) is 4.57 Å². The smallest absolute Gasteiger partial charge is 0.115 e. The lowest BCUT2D eigenvalue weighted by atomic mass is 10.2. The Morgan fingerprint density at radius 3 is 3.00 bits per heavy atom. The van der Waals surface area contributed by atoms with Crippen LogP contribution in [0.5, 0.6) is 0 Å². The van der Waals surface area contributed by atoms with E-state index in [2.05, 4.69) is 0 Å². The molecule has 0 aliphatic heterocycles. The molecule has 0 aliphatic carbocycles. The average Bonchev–Trinajstić information content (AvgIpc) is 2.36. The van der Waals surface area contributed by atoms with Gasteiger partial charge in [-0.2, -0.15) is 0 Å². The fourth-order valence-electron chi connectivity index (χ4n) is 1.21. The normalized spacial score (nSPS) is 13.2. The van der Waals surface area contributed by atoms with Crippen LogP contribution in [0.1, 0.15) is 12.5 Å². The third-order valence-corrected chi connectivity index (χ3v) is 1.71. The SMILES string of the molecule is CC(F)Cn1ccc(CCN)c1. The van der Waals surface area contributed by atoms with Crippen molar-refractivity contribution in [2.75, 3.05) is 6.54 Å². The van der Waals surface area contributed by atoms with E-state index < -0.39 is 6.17 Å². The summed E-state index contributed by atoms with van der Waals surface area (Å²) in [5, 5.41) is 0. The monoisotopic (exact) mass is 170 g/mol. The van der Waals surface area contributed by atoms with E-state index in [0.29, 0.717) is 13.1 Å². The van der Waals surface area contributed by atoms with E-state index in [1.165, 1.54) is 5.56 Å². The Bertz CT molecular complexity index is 230. The maximum atomic E-state index is 12.5. The Morgan fingerprint density at radius 1 is 1.67 bits per heavy atom. The summed E-state index contributed by atoms with van der Waals surface area (Å²) in [5.41, 5.74) is 6.57. The van der Waals surface area contributed by atoms with E-state index >= 15 is 0 Å². The molecule has 1 aromatic heterocycles. The summed E-state index contributed by atoms with van der Waals surface area (Å²) in [6, 6.07) is 1.98. The zero-order valence-corrected chi connectivity index (χ0v) is 7.33. The number of halogens is 1. The van der Waals surface area contributed by atoms with Gasteiger partial charge in [0.05, 0.1) is 6.54 Å². The Kier molecular flexibility index (Phi) is 3.29. The first-order valence-electron chi connectivity index (χ1n) is 4.21. The number of nitrogens with zero attached hydrogens (tertiary/aromatic N) is 1. The Labute approximate surface area is 72.2 Å². The largest absolute Gasteiger partial charge is 0.351 e. The molecule has 0 saturated carbocycles. The van der Waals surface area contributed by atoms with Crippen molar-refractivity contribution in [1.29, 1.82) is 0 Å². The highest BCUT2D eigenvalue weighted by Crippen LogP contribution is 2.03. The van der Waals surface area contributed by atoms with Gasteiger partial charge in [0, 0.05) is 12.4 Å². The van der Waals surface area contributed by atoms with Gasteiger partial charge in [-0.05, 0) is 31.5 Å². The molecule has 0 spiro atoms. The van der Waals surface area contributed by atoms with E-state index in [9.17, 15) is 4.39 Å². The van der Waals surface area contributed by atoms with Gasteiger partial charge in [0.2, 0.25) is 0 Å². The molecular weight excluding hydrogens is 155 g/mol. The summed E-state index contributed by atoms with van der Waals surface area (Å²) in [4.78, 5) is 0. The number of alkyl halides is 1. The quantitative estimate of drug-likeness (QED) is 0.726. The van der Waals surface area contributed by atoms with Crippen LogP contribution >= 0.6 is 0 Å². The molecule has 1 aromatic rings. The number of rotatable bonds is 4. The summed E-state index contributed by atoms with van der Waals surface area (Å²) < 4.78 is 14.4. The number of aromatic nitrogens is 1. The van der Waals surface area contributed by atoms with Crippen LogP contribution < -0.4 is 5.73 Å². The van der Waals surface area contributed by atoms with Gasteiger partial charge in [-0.15, -0.1) is 0 Å². The summed E-state index contributed by atoms with van der Waals surface area (Å²) in [7, 11) is 0. The first kappa shape index (κ1) is 9.26. The van der Waals surface area contributed by atoms with Crippen molar-refractivity contribution < 1.29 is 4.39 Å². The van der Waals surface area contributed by atoms with Crippen molar-refractivity contribution in [2.24, 2.45) is 5.73 Å². The molecule has 12 heavy (non-hydrogen) atoms. The summed E-state index contributed by atoms with van der Waals surface area (Å²) >= 11 is 0. The third-order valence-electron chi connectivity index (χ3n) is 1.71. The van der Waals surface area contributed by atoms with Crippen molar-refractivity contribution >= 4 is 0 Å². The molecule has 0 aliphatic rings. The molecule has 1 rings (SSSR count). The van der Waals surface area contributed by atoms with Gasteiger partial charge in [-0.3, -0.25) is 0 Å². The molecule has 3 heteroatoms. The second-order valence-corrected chi connectivity index (χ2v) is 3.04. The Balaban J connectivity index is 2.52. The highest BCUT2D eigenvalue weighted by Gasteiger charge is 2.00. The van der Waals surface area contributed by atoms with Crippen LogP contribution in [0, 0.1) is 0 Å². The number of hydrogen-bond acceptors (Lipinski definition) is 1. The minimum absolute atomic E-state index is 0.435. The van der Waals surface area contributed by atoms with Crippen LogP contribution in [0.25, 0.3) is 0 Å². The van der Waals surface area contributed by atoms with Gasteiger partial charge in [0.1, 0.15) is 6.17 Å². The van der Waals surface area contributed by atoms with E-state index in [1.807, 2.05) is 23.0 Å². The van der Waals surface area contributed by atoms with Gasteiger partial charge >= 0.3 is 0 Å². The second-order valence-electron chi connectivity index (χ2n) is 3.04. The van der Waals surface area contributed by atoms with Crippen LogP contribution in [0.4, 0.5) is 4.39 Å². The van der Waals surface area contributed by atoms with Crippen LogP contribution in [0.15, 0.2) is 18.5 Å². The fraction of sp³-hybridized carbons (Fsp3) is 0.556. The maximum absolute atomic E-state index is 12.5. The predicted octanol–water partition coefficient (Wildman–Crippen LogP) is 1.35. The molecule has 1 atom stereocenters. The van der Waals surface area contributed by atoms with Crippen LogP contribution in [-0.2, 0) is 13.0 Å². The van der Waals surface area contributed by atoms with Crippen LogP contribution in [0.3, 0.4) is 0 Å². The molecule has 68 valence electrons. The van der Waals surface area contributed by atoms with Gasteiger partial charge in [-0.1, -0.05) is 0 Å². The van der Waals surface area contributed by atoms with Crippen LogP contribution in [0.2, 0.25) is 0 Å². The molecule has 0 aromatic carbocycles. The van der Waals surface area contributed by atoms with Crippen LogP contribution in [-0.4, -0.2) is 17.3 Å². The molecule has 1 unspecified atom stereocenters. The molecule has 0 amide bonds. The standard InChI is InChI=1S/C9H15FN2/c1-8(10)6-12-5-3-9(7-12)2-4-11/h3,5,7-8H,2,4,6,11H2,1H3. The van der Waals surface area contributed by atoms with Gasteiger partial charge < -0.3 is 10.3 Å². The first-order valence-corrected chi connectivity index (χ1v) is 4.21. The summed E-state index contributed by atoms with van der Waals surface area (Å²) in [6.45, 7) is 2.64. The van der Waals surface area contributed by atoms with Gasteiger partial charge in [-0.25, -0.2) is 4.39 Å². The Hall–Kier alpha value is -0.830. The van der Waals surface area contributed by atoms with Crippen molar-refractivity contribution in [2.45, 2.75) is 26.1 Å². The minimum Gasteiger partial charge on any atom is -0.351 e. The molecule has 1 heterocycles. The zero-order chi connectivity index (χ0) is 8.97. The molecule has 0 fully saturated rings. The third kappa shape index (κ3) is 2.66. The summed E-state index contributed by atoms with van der Waals surface area (Å²) in [5.74, 6) is 0. The molecule has 2 nitrogen and oxygen atoms in total. The summed E-state index contributed by atoms with van der Waals surface area (Å²) in [6.07, 6.45) is 3.92. The van der Waals surface area contributed by atoms with Crippen molar-refractivity contribution in [3.8, 4) is 0 Å². The lowest BCUT2D eigenvalue weighted by molar-refractivity contribution is 0.321. The number of nitrogens with two attached hydrogens (primary N) is 1. The molecule has 2 N–H and O–H groups in total. The van der Waals surface area contributed by atoms with Crippen molar-refractivity contribution in [3.05, 3.63) is 24.0 Å². The fourth-order valence-corrected chi connectivity index (χ4v) is 1.21. The van der Waals surface area contributed by atoms with E-state index in [-0.39, 0.29) is 0 Å². The Morgan fingerprint density at radius 2 is 2.42 bits per heavy atom. The average molecular weight is 170 g/mol. The molecule has 0 saturated heterocycles. The predicted molar refractivity (Wildman–Crippen MR) is 47.8 cm³/mol. The van der Waals surface area contributed by atoms with Gasteiger partial charge in [0.25, 0.3) is 0 Å². The highest BCUT2D eigenvalue weighted by atomic mass is 19.1. The second kappa shape index (κ2) is 4.26. The van der Waals surface area contributed by atoms with Crippen molar-refractivity contribution in [3.63, 3.8) is 0 Å². The molecule has 0 bridgehead atoms. The number of hydrogen-bond donors (Lipinski definition) is 1. The highest BCUT2D eigenvalue weighted by molar-refractivity contribution is 5.10. The molecule has 0 radical (unpaired) electrons. The lowest BCUT2D eigenvalue weighted by Gasteiger charge is -2.02. The maximum Gasteiger partial charge on any atom is 0.115 e.